The molecular formula is C15H19Br2NO. The van der Waals surface area contributed by atoms with Gasteiger partial charge in [-0.15, -0.1) is 0 Å². The quantitative estimate of drug-likeness (QED) is 0.757. The standard InChI is InChI=1S/C15H19Br2NO/c1-3-19-15-13(16)7-11(8-14(15)17)6-10(2)9-18-12-4-5-12/h6-8,12,18H,3-5,9H2,1-2H3. The summed E-state index contributed by atoms with van der Waals surface area (Å²) in [6.45, 7) is 5.78. The first kappa shape index (κ1) is 15.1. The third kappa shape index (κ3) is 4.62. The Morgan fingerprint density at radius 1 is 1.37 bits per heavy atom. The fourth-order valence-corrected chi connectivity index (χ4v) is 3.32. The second-order valence-corrected chi connectivity index (χ2v) is 6.60. The Morgan fingerprint density at radius 3 is 2.53 bits per heavy atom. The van der Waals surface area contributed by atoms with Gasteiger partial charge in [-0.3, -0.25) is 0 Å². The van der Waals surface area contributed by atoms with Crippen molar-refractivity contribution in [1.82, 2.24) is 5.32 Å². The van der Waals surface area contributed by atoms with E-state index in [-0.39, 0.29) is 0 Å². The molecule has 0 bridgehead atoms. The van der Waals surface area contributed by atoms with Gasteiger partial charge in [0.25, 0.3) is 0 Å². The number of halogens is 2. The van der Waals surface area contributed by atoms with Crippen LogP contribution in [0.25, 0.3) is 6.08 Å². The van der Waals surface area contributed by atoms with Gasteiger partial charge >= 0.3 is 0 Å². The Balaban J connectivity index is 2.08. The van der Waals surface area contributed by atoms with Crippen molar-refractivity contribution in [2.24, 2.45) is 0 Å². The first-order valence-corrected chi connectivity index (χ1v) is 8.21. The molecule has 1 N–H and O–H groups in total. The summed E-state index contributed by atoms with van der Waals surface area (Å²) >= 11 is 7.12. The summed E-state index contributed by atoms with van der Waals surface area (Å²) in [7, 11) is 0. The average molecular weight is 389 g/mol. The van der Waals surface area contributed by atoms with E-state index < -0.39 is 0 Å². The molecule has 2 rings (SSSR count). The monoisotopic (exact) mass is 387 g/mol. The normalized spacial score (nSPS) is 15.7. The van der Waals surface area contributed by atoms with Gasteiger partial charge in [0.05, 0.1) is 15.6 Å². The maximum Gasteiger partial charge on any atom is 0.147 e. The molecule has 19 heavy (non-hydrogen) atoms. The highest BCUT2D eigenvalue weighted by Gasteiger charge is 2.19. The zero-order valence-corrected chi connectivity index (χ0v) is 14.5. The van der Waals surface area contributed by atoms with E-state index in [1.165, 1.54) is 24.0 Å². The molecule has 1 aromatic rings. The van der Waals surface area contributed by atoms with E-state index in [4.69, 9.17) is 4.74 Å². The Bertz CT molecular complexity index is 458. The zero-order chi connectivity index (χ0) is 13.8. The number of rotatable bonds is 6. The number of nitrogens with one attached hydrogen (secondary N) is 1. The highest BCUT2D eigenvalue weighted by atomic mass is 79.9. The van der Waals surface area contributed by atoms with Crippen LogP contribution in [-0.4, -0.2) is 19.2 Å². The highest BCUT2D eigenvalue weighted by molar-refractivity contribution is 9.11. The predicted octanol–water partition coefficient (Wildman–Crippen LogP) is 4.77. The van der Waals surface area contributed by atoms with E-state index >= 15 is 0 Å². The van der Waals surface area contributed by atoms with Gasteiger partial charge in [0.2, 0.25) is 0 Å². The van der Waals surface area contributed by atoms with E-state index in [1.54, 1.807) is 0 Å². The lowest BCUT2D eigenvalue weighted by Crippen LogP contribution is -2.18. The topological polar surface area (TPSA) is 21.3 Å². The molecule has 1 aromatic carbocycles. The van der Waals surface area contributed by atoms with Crippen molar-refractivity contribution >= 4 is 37.9 Å². The summed E-state index contributed by atoms with van der Waals surface area (Å²) in [5.41, 5.74) is 2.52. The third-order valence-corrected chi connectivity index (χ3v) is 4.15. The molecule has 1 aliphatic rings. The van der Waals surface area contributed by atoms with E-state index in [9.17, 15) is 0 Å². The summed E-state index contributed by atoms with van der Waals surface area (Å²) in [5.74, 6) is 0.869. The highest BCUT2D eigenvalue weighted by Crippen LogP contribution is 2.35. The molecule has 0 amide bonds. The van der Waals surface area contributed by atoms with Crippen molar-refractivity contribution in [2.45, 2.75) is 32.7 Å². The van der Waals surface area contributed by atoms with Crippen molar-refractivity contribution in [3.8, 4) is 5.75 Å². The van der Waals surface area contributed by atoms with Gasteiger partial charge in [0, 0.05) is 12.6 Å². The smallest absolute Gasteiger partial charge is 0.147 e. The molecule has 0 unspecified atom stereocenters. The molecule has 0 saturated heterocycles. The van der Waals surface area contributed by atoms with Crippen LogP contribution in [0.2, 0.25) is 0 Å². The minimum atomic E-state index is 0.663. The van der Waals surface area contributed by atoms with Crippen LogP contribution in [-0.2, 0) is 0 Å². The molecule has 0 spiro atoms. The largest absolute Gasteiger partial charge is 0.492 e. The van der Waals surface area contributed by atoms with Gasteiger partial charge in [0.1, 0.15) is 5.75 Å². The SMILES string of the molecule is CCOc1c(Br)cc(C=C(C)CNC2CC2)cc1Br. The molecular weight excluding hydrogens is 370 g/mol. The fraction of sp³-hybridized carbons (Fsp3) is 0.467. The lowest BCUT2D eigenvalue weighted by Gasteiger charge is -2.10. The van der Waals surface area contributed by atoms with Crippen LogP contribution in [0.1, 0.15) is 32.3 Å². The van der Waals surface area contributed by atoms with Crippen LogP contribution in [0, 0.1) is 0 Å². The maximum absolute atomic E-state index is 5.59. The summed E-state index contributed by atoms with van der Waals surface area (Å²) in [6.07, 6.45) is 4.86. The van der Waals surface area contributed by atoms with E-state index in [0.717, 1.165) is 27.3 Å². The van der Waals surface area contributed by atoms with E-state index in [0.29, 0.717) is 6.61 Å². The minimum Gasteiger partial charge on any atom is -0.492 e. The molecule has 4 heteroatoms. The number of hydrogen-bond acceptors (Lipinski definition) is 2. The third-order valence-electron chi connectivity index (χ3n) is 2.97. The lowest BCUT2D eigenvalue weighted by atomic mass is 10.1. The average Bonchev–Trinajstić information content (AvgIpc) is 3.15. The second kappa shape index (κ2) is 6.91. The molecule has 0 aromatic heterocycles. The molecule has 1 fully saturated rings. The predicted molar refractivity (Wildman–Crippen MR) is 87.7 cm³/mol. The summed E-state index contributed by atoms with van der Waals surface area (Å²) in [6, 6.07) is 4.94. The zero-order valence-electron chi connectivity index (χ0n) is 11.3. The molecule has 1 aliphatic carbocycles. The Hall–Kier alpha value is -0.320. The van der Waals surface area contributed by atoms with E-state index in [1.807, 2.05) is 6.92 Å². The van der Waals surface area contributed by atoms with E-state index in [2.05, 4.69) is 62.3 Å². The number of benzene rings is 1. The summed E-state index contributed by atoms with van der Waals surface area (Å²) in [4.78, 5) is 0. The lowest BCUT2D eigenvalue weighted by molar-refractivity contribution is 0.336. The van der Waals surface area contributed by atoms with Gasteiger partial charge in [-0.2, -0.15) is 0 Å². The van der Waals surface area contributed by atoms with Crippen LogP contribution in [0.3, 0.4) is 0 Å². The van der Waals surface area contributed by atoms with Crippen molar-refractivity contribution in [3.05, 3.63) is 32.2 Å². The van der Waals surface area contributed by atoms with Gasteiger partial charge < -0.3 is 10.1 Å². The van der Waals surface area contributed by atoms with Crippen LogP contribution in [0.15, 0.2) is 26.7 Å². The maximum atomic E-state index is 5.59. The fourth-order valence-electron chi connectivity index (χ4n) is 1.87. The van der Waals surface area contributed by atoms with Crippen molar-refractivity contribution in [2.75, 3.05) is 13.2 Å². The second-order valence-electron chi connectivity index (χ2n) is 4.89. The van der Waals surface area contributed by atoms with Crippen LogP contribution >= 0.6 is 31.9 Å². The van der Waals surface area contributed by atoms with Gasteiger partial charge in [0.15, 0.2) is 0 Å². The molecule has 0 aliphatic heterocycles. The number of hydrogen-bond donors (Lipinski definition) is 1. The van der Waals surface area contributed by atoms with Crippen LogP contribution in [0.4, 0.5) is 0 Å². The van der Waals surface area contributed by atoms with Crippen molar-refractivity contribution in [1.29, 1.82) is 0 Å². The molecule has 104 valence electrons. The molecule has 1 saturated carbocycles. The van der Waals surface area contributed by atoms with Crippen LogP contribution < -0.4 is 10.1 Å². The summed E-state index contributed by atoms with van der Waals surface area (Å²) < 4.78 is 7.56. The Labute approximate surface area is 131 Å². The van der Waals surface area contributed by atoms with Gasteiger partial charge in [-0.05, 0) is 76.2 Å². The first-order valence-electron chi connectivity index (χ1n) is 6.62. The van der Waals surface area contributed by atoms with Gasteiger partial charge in [-0.1, -0.05) is 11.6 Å². The molecule has 0 radical (unpaired) electrons. The molecule has 0 heterocycles. The first-order chi connectivity index (χ1) is 9.10. The minimum absolute atomic E-state index is 0.663. The number of ether oxygens (including phenoxy) is 1. The molecule has 0 atom stereocenters. The van der Waals surface area contributed by atoms with Crippen LogP contribution in [0.5, 0.6) is 5.75 Å². The Morgan fingerprint density at radius 2 is 2.00 bits per heavy atom. The van der Waals surface area contributed by atoms with Crippen molar-refractivity contribution < 1.29 is 4.74 Å². The van der Waals surface area contributed by atoms with Crippen molar-refractivity contribution in [3.63, 3.8) is 0 Å². The molecule has 2 nitrogen and oxygen atoms in total. The summed E-state index contributed by atoms with van der Waals surface area (Å²) in [5, 5.41) is 3.52. The van der Waals surface area contributed by atoms with Gasteiger partial charge in [-0.25, -0.2) is 0 Å². The Kier molecular flexibility index (Phi) is 5.48.